The van der Waals surface area contributed by atoms with Crippen molar-refractivity contribution in [2.24, 2.45) is 11.7 Å². The second kappa shape index (κ2) is 7.26. The summed E-state index contributed by atoms with van der Waals surface area (Å²) in [7, 11) is 0. The number of thioether (sulfide) groups is 1. The second-order valence-corrected chi connectivity index (χ2v) is 6.61. The number of nitrogens with two attached hydrogens (primary N) is 1. The third-order valence-electron chi connectivity index (χ3n) is 3.94. The topological polar surface area (TPSA) is 66.0 Å². The number of aryl methyl sites for hydroxylation is 1. The lowest BCUT2D eigenvalue weighted by Gasteiger charge is -2.21. The van der Waals surface area contributed by atoms with Gasteiger partial charge in [-0.1, -0.05) is 30.0 Å². The first-order chi connectivity index (χ1) is 10.8. The van der Waals surface area contributed by atoms with Crippen molar-refractivity contribution in [2.45, 2.75) is 31.5 Å². The van der Waals surface area contributed by atoms with E-state index in [4.69, 9.17) is 10.5 Å². The van der Waals surface area contributed by atoms with Crippen molar-refractivity contribution in [1.82, 2.24) is 14.8 Å². The molecule has 2 aromatic rings. The number of aromatic nitrogens is 3. The molecule has 0 radical (unpaired) electrons. The molecule has 1 aliphatic rings. The summed E-state index contributed by atoms with van der Waals surface area (Å²) in [5.74, 6) is 2.41. The van der Waals surface area contributed by atoms with Gasteiger partial charge in [-0.25, -0.2) is 0 Å². The van der Waals surface area contributed by atoms with Gasteiger partial charge in [-0.2, -0.15) is 0 Å². The molecule has 6 heteroatoms. The minimum absolute atomic E-state index is 0.383. The van der Waals surface area contributed by atoms with E-state index in [1.807, 2.05) is 12.1 Å². The van der Waals surface area contributed by atoms with E-state index in [1.165, 1.54) is 12.0 Å². The Bertz CT molecular complexity index is 622. The van der Waals surface area contributed by atoms with Crippen LogP contribution in [0.4, 0.5) is 0 Å². The summed E-state index contributed by atoms with van der Waals surface area (Å²) in [6.07, 6.45) is 2.39. The van der Waals surface area contributed by atoms with Crippen LogP contribution >= 0.6 is 11.8 Å². The largest absolute Gasteiger partial charge is 0.381 e. The van der Waals surface area contributed by atoms with Crippen molar-refractivity contribution in [3.05, 3.63) is 35.7 Å². The van der Waals surface area contributed by atoms with Crippen LogP contribution in [-0.4, -0.2) is 33.7 Å². The summed E-state index contributed by atoms with van der Waals surface area (Å²) in [5, 5.41) is 9.51. The van der Waals surface area contributed by atoms with Crippen molar-refractivity contribution in [2.75, 3.05) is 19.0 Å². The van der Waals surface area contributed by atoms with Crippen LogP contribution < -0.4 is 5.73 Å². The molecule has 0 saturated carbocycles. The Morgan fingerprint density at radius 3 is 2.95 bits per heavy atom. The summed E-state index contributed by atoms with van der Waals surface area (Å²) in [6.45, 7) is 4.24. The molecule has 5 nitrogen and oxygen atoms in total. The fraction of sp³-hybridized carbons (Fsp3) is 0.500. The quantitative estimate of drug-likeness (QED) is 0.858. The van der Waals surface area contributed by atoms with Crippen LogP contribution in [0.1, 0.15) is 24.2 Å². The molecular weight excluding hydrogens is 296 g/mol. The Balaban J connectivity index is 1.82. The maximum atomic E-state index is 5.84. The molecule has 1 aromatic carbocycles. The molecule has 0 unspecified atom stereocenters. The molecular formula is C16H22N4OS. The van der Waals surface area contributed by atoms with E-state index in [9.17, 15) is 0 Å². The van der Waals surface area contributed by atoms with E-state index in [0.29, 0.717) is 12.5 Å². The minimum atomic E-state index is 0.383. The summed E-state index contributed by atoms with van der Waals surface area (Å²) in [4.78, 5) is 0. The van der Waals surface area contributed by atoms with Gasteiger partial charge in [0.1, 0.15) is 0 Å². The van der Waals surface area contributed by atoms with Crippen LogP contribution in [0.5, 0.6) is 0 Å². The summed E-state index contributed by atoms with van der Waals surface area (Å²) >= 11 is 1.75. The van der Waals surface area contributed by atoms with Gasteiger partial charge in [-0.05, 0) is 37.3 Å². The van der Waals surface area contributed by atoms with Crippen molar-refractivity contribution in [3.8, 4) is 5.69 Å². The van der Waals surface area contributed by atoms with Crippen molar-refractivity contribution < 1.29 is 4.74 Å². The third-order valence-corrected chi connectivity index (χ3v) is 5.10. The molecule has 1 atom stereocenters. The van der Waals surface area contributed by atoms with Gasteiger partial charge in [0.2, 0.25) is 0 Å². The molecule has 0 spiro atoms. The van der Waals surface area contributed by atoms with Crippen LogP contribution in [0, 0.1) is 12.8 Å². The lowest BCUT2D eigenvalue weighted by Crippen LogP contribution is -2.19. The van der Waals surface area contributed by atoms with Gasteiger partial charge in [0, 0.05) is 12.4 Å². The SMILES string of the molecule is Cc1ccccc1-n1c(CN)nnc1SC[C@H]1CCCOC1. The number of ether oxygens (including phenoxy) is 1. The van der Waals surface area contributed by atoms with E-state index in [2.05, 4.69) is 33.8 Å². The smallest absolute Gasteiger partial charge is 0.195 e. The first kappa shape index (κ1) is 15.5. The molecule has 3 rings (SSSR count). The summed E-state index contributed by atoms with van der Waals surface area (Å²) < 4.78 is 7.64. The molecule has 1 saturated heterocycles. The maximum absolute atomic E-state index is 5.84. The molecule has 1 aliphatic heterocycles. The van der Waals surface area contributed by atoms with Crippen LogP contribution in [0.25, 0.3) is 5.69 Å². The molecule has 0 amide bonds. The average molecular weight is 318 g/mol. The zero-order chi connectivity index (χ0) is 15.4. The fourth-order valence-corrected chi connectivity index (χ4v) is 3.79. The Kier molecular flexibility index (Phi) is 5.12. The normalized spacial score (nSPS) is 18.5. The Morgan fingerprint density at radius 2 is 2.23 bits per heavy atom. The highest BCUT2D eigenvalue weighted by Gasteiger charge is 2.18. The molecule has 0 bridgehead atoms. The van der Waals surface area contributed by atoms with Crippen LogP contribution in [-0.2, 0) is 11.3 Å². The Morgan fingerprint density at radius 1 is 1.36 bits per heavy atom. The standard InChI is InChI=1S/C16H22N4OS/c1-12-5-2-3-7-14(12)20-15(9-17)18-19-16(20)22-11-13-6-4-8-21-10-13/h2-3,5,7,13H,4,6,8-11,17H2,1H3/t13-/m0/s1. The van der Waals surface area contributed by atoms with Crippen molar-refractivity contribution >= 4 is 11.8 Å². The molecule has 118 valence electrons. The van der Waals surface area contributed by atoms with E-state index >= 15 is 0 Å². The number of hydrogen-bond acceptors (Lipinski definition) is 5. The van der Waals surface area contributed by atoms with E-state index in [0.717, 1.165) is 42.1 Å². The number of benzene rings is 1. The zero-order valence-corrected chi connectivity index (χ0v) is 13.7. The lowest BCUT2D eigenvalue weighted by molar-refractivity contribution is 0.0632. The van der Waals surface area contributed by atoms with Crippen LogP contribution in [0.3, 0.4) is 0 Å². The minimum Gasteiger partial charge on any atom is -0.381 e. The molecule has 0 aliphatic carbocycles. The Labute approximate surface area is 135 Å². The van der Waals surface area contributed by atoms with Crippen LogP contribution in [0.15, 0.2) is 29.4 Å². The monoisotopic (exact) mass is 318 g/mol. The highest BCUT2D eigenvalue weighted by molar-refractivity contribution is 7.99. The number of nitrogens with zero attached hydrogens (tertiary/aromatic N) is 3. The highest BCUT2D eigenvalue weighted by atomic mass is 32.2. The number of rotatable bonds is 5. The maximum Gasteiger partial charge on any atom is 0.195 e. The van der Waals surface area contributed by atoms with Crippen molar-refractivity contribution in [3.63, 3.8) is 0 Å². The van der Waals surface area contributed by atoms with Gasteiger partial charge >= 0.3 is 0 Å². The summed E-state index contributed by atoms with van der Waals surface area (Å²) in [6, 6.07) is 8.26. The molecule has 22 heavy (non-hydrogen) atoms. The van der Waals surface area contributed by atoms with Gasteiger partial charge in [-0.15, -0.1) is 10.2 Å². The fourth-order valence-electron chi connectivity index (χ4n) is 2.71. The summed E-state index contributed by atoms with van der Waals surface area (Å²) in [5.41, 5.74) is 8.14. The van der Waals surface area contributed by atoms with E-state index in [-0.39, 0.29) is 0 Å². The first-order valence-electron chi connectivity index (χ1n) is 7.70. The number of para-hydroxylation sites is 1. The van der Waals surface area contributed by atoms with Gasteiger partial charge in [0.25, 0.3) is 0 Å². The number of hydrogen-bond donors (Lipinski definition) is 1. The molecule has 2 heterocycles. The van der Waals surface area contributed by atoms with Gasteiger partial charge in [0.05, 0.1) is 18.8 Å². The predicted molar refractivity (Wildman–Crippen MR) is 88.3 cm³/mol. The van der Waals surface area contributed by atoms with Crippen molar-refractivity contribution in [1.29, 1.82) is 0 Å². The third kappa shape index (κ3) is 3.34. The first-order valence-corrected chi connectivity index (χ1v) is 8.69. The average Bonchev–Trinajstić information content (AvgIpc) is 2.97. The van der Waals surface area contributed by atoms with Gasteiger partial charge in [-0.3, -0.25) is 4.57 Å². The van der Waals surface area contributed by atoms with Gasteiger partial charge < -0.3 is 10.5 Å². The van der Waals surface area contributed by atoms with E-state index in [1.54, 1.807) is 11.8 Å². The zero-order valence-electron chi connectivity index (χ0n) is 12.9. The Hall–Kier alpha value is -1.37. The predicted octanol–water partition coefficient (Wildman–Crippen LogP) is 2.55. The van der Waals surface area contributed by atoms with E-state index < -0.39 is 0 Å². The van der Waals surface area contributed by atoms with Crippen LogP contribution in [0.2, 0.25) is 0 Å². The van der Waals surface area contributed by atoms with Gasteiger partial charge in [0.15, 0.2) is 11.0 Å². The lowest BCUT2D eigenvalue weighted by atomic mass is 10.1. The molecule has 1 aromatic heterocycles. The molecule has 2 N–H and O–H groups in total. The molecule has 1 fully saturated rings. The highest BCUT2D eigenvalue weighted by Crippen LogP contribution is 2.27. The second-order valence-electron chi connectivity index (χ2n) is 5.62.